The fraction of sp³-hybridized carbons (Fsp3) is 0.600. The first-order valence-electron chi connectivity index (χ1n) is 9.46. The molecule has 3 rings (SSSR count). The van der Waals surface area contributed by atoms with Crippen molar-refractivity contribution in [3.05, 3.63) is 35.6 Å². The Morgan fingerprint density at radius 2 is 1.73 bits per heavy atom. The van der Waals surface area contributed by atoms with Crippen molar-refractivity contribution in [1.82, 2.24) is 9.80 Å². The molecule has 0 aromatic heterocycles. The maximum atomic E-state index is 13.2. The van der Waals surface area contributed by atoms with E-state index in [1.54, 1.807) is 21.9 Å². The Hall–Kier alpha value is -1.95. The van der Waals surface area contributed by atoms with E-state index < -0.39 is 11.8 Å². The molecular weight excluding hydrogens is 335 g/mol. The quantitative estimate of drug-likeness (QED) is 0.777. The van der Waals surface area contributed by atoms with Gasteiger partial charge in [-0.1, -0.05) is 19.1 Å². The molecule has 142 valence electrons. The largest absolute Gasteiger partial charge is 0.381 e. The standard InChI is InChI=1S/C20H27FN2O3/c1-15-6-10-22(11-7-15)19(24)20(25)23(18-8-12-26-13-9-18)14-16-2-4-17(21)5-3-16/h2-5,15,18H,6-14H2,1H3. The lowest BCUT2D eigenvalue weighted by molar-refractivity contribution is -0.155. The second-order valence-electron chi connectivity index (χ2n) is 7.38. The predicted molar refractivity (Wildman–Crippen MR) is 95.8 cm³/mol. The van der Waals surface area contributed by atoms with Crippen LogP contribution in [0.25, 0.3) is 0 Å². The van der Waals surface area contributed by atoms with Gasteiger partial charge in [-0.05, 0) is 49.3 Å². The lowest BCUT2D eigenvalue weighted by Gasteiger charge is -2.36. The van der Waals surface area contributed by atoms with Crippen molar-refractivity contribution in [3.8, 4) is 0 Å². The number of rotatable bonds is 3. The summed E-state index contributed by atoms with van der Waals surface area (Å²) in [6.07, 6.45) is 3.32. The van der Waals surface area contributed by atoms with E-state index >= 15 is 0 Å². The summed E-state index contributed by atoms with van der Waals surface area (Å²) in [6.45, 7) is 4.96. The van der Waals surface area contributed by atoms with Gasteiger partial charge >= 0.3 is 11.8 Å². The number of benzene rings is 1. The number of piperidine rings is 1. The summed E-state index contributed by atoms with van der Waals surface area (Å²) in [5.74, 6) is -0.572. The smallest absolute Gasteiger partial charge is 0.312 e. The van der Waals surface area contributed by atoms with Crippen LogP contribution in [-0.2, 0) is 20.9 Å². The molecule has 0 aliphatic carbocycles. The van der Waals surface area contributed by atoms with Crippen molar-refractivity contribution in [2.24, 2.45) is 5.92 Å². The monoisotopic (exact) mass is 362 g/mol. The Labute approximate surface area is 154 Å². The minimum absolute atomic E-state index is 0.0195. The molecular formula is C20H27FN2O3. The number of carbonyl (C=O) groups is 2. The van der Waals surface area contributed by atoms with E-state index in [9.17, 15) is 14.0 Å². The third kappa shape index (κ3) is 4.61. The third-order valence-electron chi connectivity index (χ3n) is 5.41. The molecule has 0 unspecified atom stereocenters. The fourth-order valence-corrected chi connectivity index (χ4v) is 3.62. The van der Waals surface area contributed by atoms with Crippen molar-refractivity contribution in [3.63, 3.8) is 0 Å². The molecule has 26 heavy (non-hydrogen) atoms. The van der Waals surface area contributed by atoms with Crippen LogP contribution in [0.2, 0.25) is 0 Å². The topological polar surface area (TPSA) is 49.9 Å². The zero-order valence-electron chi connectivity index (χ0n) is 15.3. The number of hydrogen-bond donors (Lipinski definition) is 0. The highest BCUT2D eigenvalue weighted by Crippen LogP contribution is 2.21. The summed E-state index contributed by atoms with van der Waals surface area (Å²) in [4.78, 5) is 29.1. The Balaban J connectivity index is 1.73. The first kappa shape index (κ1) is 18.8. The number of amides is 2. The molecule has 0 radical (unpaired) electrons. The van der Waals surface area contributed by atoms with Crippen molar-refractivity contribution >= 4 is 11.8 Å². The van der Waals surface area contributed by atoms with Gasteiger partial charge in [-0.2, -0.15) is 0 Å². The van der Waals surface area contributed by atoms with Gasteiger partial charge in [-0.25, -0.2) is 4.39 Å². The molecule has 0 atom stereocenters. The maximum absolute atomic E-state index is 13.2. The van der Waals surface area contributed by atoms with Crippen LogP contribution in [0.3, 0.4) is 0 Å². The number of nitrogens with zero attached hydrogens (tertiary/aromatic N) is 2. The van der Waals surface area contributed by atoms with Crippen LogP contribution >= 0.6 is 0 Å². The molecule has 0 spiro atoms. The molecule has 6 heteroatoms. The van der Waals surface area contributed by atoms with Gasteiger partial charge in [0.25, 0.3) is 0 Å². The maximum Gasteiger partial charge on any atom is 0.312 e. The second kappa shape index (κ2) is 8.62. The van der Waals surface area contributed by atoms with Crippen LogP contribution in [0.1, 0.15) is 38.2 Å². The lowest BCUT2D eigenvalue weighted by atomic mass is 9.99. The molecule has 1 aromatic carbocycles. The summed E-state index contributed by atoms with van der Waals surface area (Å²) in [7, 11) is 0. The van der Waals surface area contributed by atoms with Crippen LogP contribution in [-0.4, -0.2) is 54.0 Å². The van der Waals surface area contributed by atoms with Crippen LogP contribution in [0.15, 0.2) is 24.3 Å². The van der Waals surface area contributed by atoms with Crippen LogP contribution in [0.4, 0.5) is 4.39 Å². The zero-order valence-corrected chi connectivity index (χ0v) is 15.3. The number of ether oxygens (including phenoxy) is 1. The Morgan fingerprint density at radius 1 is 1.12 bits per heavy atom. The van der Waals surface area contributed by atoms with Gasteiger partial charge in [0.05, 0.1) is 0 Å². The Bertz CT molecular complexity index is 620. The summed E-state index contributed by atoms with van der Waals surface area (Å²) in [5.41, 5.74) is 0.825. The van der Waals surface area contributed by atoms with Gasteiger partial charge in [-0.15, -0.1) is 0 Å². The van der Waals surface area contributed by atoms with Crippen molar-refractivity contribution < 1.29 is 18.7 Å². The molecule has 1 aromatic rings. The number of carbonyl (C=O) groups excluding carboxylic acids is 2. The van der Waals surface area contributed by atoms with E-state index in [0.29, 0.717) is 38.8 Å². The summed E-state index contributed by atoms with van der Waals surface area (Å²) in [6, 6.07) is 6.09. The van der Waals surface area contributed by atoms with Crippen molar-refractivity contribution in [2.45, 2.75) is 45.2 Å². The van der Waals surface area contributed by atoms with E-state index in [4.69, 9.17) is 4.74 Å². The first-order chi connectivity index (χ1) is 12.5. The molecule has 2 saturated heterocycles. The summed E-state index contributed by atoms with van der Waals surface area (Å²) >= 11 is 0. The van der Waals surface area contributed by atoms with E-state index in [2.05, 4.69) is 6.92 Å². The van der Waals surface area contributed by atoms with E-state index in [1.165, 1.54) is 12.1 Å². The highest BCUT2D eigenvalue weighted by Gasteiger charge is 2.33. The normalized spacial score (nSPS) is 19.4. The number of hydrogen-bond acceptors (Lipinski definition) is 3. The van der Waals surface area contributed by atoms with Crippen LogP contribution in [0, 0.1) is 11.7 Å². The minimum Gasteiger partial charge on any atom is -0.381 e. The Morgan fingerprint density at radius 3 is 2.35 bits per heavy atom. The Kier molecular flexibility index (Phi) is 6.25. The number of likely N-dealkylation sites (tertiary alicyclic amines) is 1. The van der Waals surface area contributed by atoms with Crippen LogP contribution < -0.4 is 0 Å². The summed E-state index contributed by atoms with van der Waals surface area (Å²) in [5, 5.41) is 0. The van der Waals surface area contributed by atoms with E-state index in [0.717, 1.165) is 31.2 Å². The van der Waals surface area contributed by atoms with Gasteiger partial charge in [0.2, 0.25) is 0 Å². The van der Waals surface area contributed by atoms with Gasteiger partial charge in [0.15, 0.2) is 0 Å². The van der Waals surface area contributed by atoms with Crippen molar-refractivity contribution in [1.29, 1.82) is 0 Å². The van der Waals surface area contributed by atoms with Crippen LogP contribution in [0.5, 0.6) is 0 Å². The third-order valence-corrected chi connectivity index (χ3v) is 5.41. The molecule has 0 N–H and O–H groups in total. The molecule has 2 aliphatic heterocycles. The first-order valence-corrected chi connectivity index (χ1v) is 9.46. The molecule has 2 heterocycles. The highest BCUT2D eigenvalue weighted by molar-refractivity contribution is 6.35. The fourth-order valence-electron chi connectivity index (χ4n) is 3.62. The minimum atomic E-state index is -0.448. The van der Waals surface area contributed by atoms with E-state index in [1.807, 2.05) is 0 Å². The molecule has 2 amide bonds. The molecule has 0 bridgehead atoms. The van der Waals surface area contributed by atoms with Gasteiger partial charge in [0.1, 0.15) is 5.82 Å². The number of halogens is 1. The SMILES string of the molecule is CC1CCN(C(=O)C(=O)N(Cc2ccc(F)cc2)C2CCOCC2)CC1. The van der Waals surface area contributed by atoms with E-state index in [-0.39, 0.29) is 11.9 Å². The average molecular weight is 362 g/mol. The summed E-state index contributed by atoms with van der Waals surface area (Å²) < 4.78 is 18.6. The zero-order chi connectivity index (χ0) is 18.5. The van der Waals surface area contributed by atoms with Crippen molar-refractivity contribution in [2.75, 3.05) is 26.3 Å². The van der Waals surface area contributed by atoms with Gasteiger partial charge in [-0.3, -0.25) is 9.59 Å². The molecule has 2 aliphatic rings. The lowest BCUT2D eigenvalue weighted by Crippen LogP contribution is -2.51. The molecule has 0 saturated carbocycles. The second-order valence-corrected chi connectivity index (χ2v) is 7.38. The highest BCUT2D eigenvalue weighted by atomic mass is 19.1. The van der Waals surface area contributed by atoms with Gasteiger partial charge in [0, 0.05) is 38.9 Å². The molecule has 2 fully saturated rings. The average Bonchev–Trinajstić information content (AvgIpc) is 2.68. The molecule has 5 nitrogen and oxygen atoms in total. The van der Waals surface area contributed by atoms with Gasteiger partial charge < -0.3 is 14.5 Å². The predicted octanol–water partition coefficient (Wildman–Crippen LogP) is 2.59.